The predicted molar refractivity (Wildman–Crippen MR) is 227 cm³/mol. The molecule has 14 heteroatoms. The fraction of sp³-hybridized carbons (Fsp3) is 0.605. The van der Waals surface area contributed by atoms with Gasteiger partial charge in [0.15, 0.2) is 5.82 Å². The molecule has 1 atom stereocenters. The van der Waals surface area contributed by atoms with Crippen molar-refractivity contribution in [2.45, 2.75) is 123 Å². The van der Waals surface area contributed by atoms with Crippen LogP contribution in [0.2, 0.25) is 0 Å². The molecule has 1 saturated heterocycles. The van der Waals surface area contributed by atoms with Gasteiger partial charge in [0.1, 0.15) is 11.6 Å². The van der Waals surface area contributed by atoms with Crippen LogP contribution in [0.3, 0.4) is 0 Å². The zero-order valence-corrected chi connectivity index (χ0v) is 36.4. The molecule has 312 valence electrons. The van der Waals surface area contributed by atoms with Gasteiger partial charge in [-0.3, -0.25) is 14.3 Å². The number of rotatable bonds is 14. The van der Waals surface area contributed by atoms with Crippen molar-refractivity contribution < 1.29 is 27.5 Å². The van der Waals surface area contributed by atoms with Crippen LogP contribution in [0.4, 0.5) is 10.5 Å². The Morgan fingerprint density at radius 1 is 0.895 bits per heavy atom. The molecule has 1 saturated carbocycles. The van der Waals surface area contributed by atoms with Gasteiger partial charge in [-0.1, -0.05) is 77.6 Å². The van der Waals surface area contributed by atoms with E-state index in [2.05, 4.69) is 37.1 Å². The first-order valence-electron chi connectivity index (χ1n) is 20.5. The van der Waals surface area contributed by atoms with Crippen LogP contribution in [0.5, 0.6) is 0 Å². The van der Waals surface area contributed by atoms with Gasteiger partial charge in [-0.05, 0) is 87.3 Å². The lowest BCUT2D eigenvalue weighted by molar-refractivity contribution is -0.121. The largest absolute Gasteiger partial charge is 0.444 e. The first-order chi connectivity index (χ1) is 26.9. The minimum Gasteiger partial charge on any atom is -0.444 e. The molecule has 1 aromatic carbocycles. The number of ether oxygens (including phenoxy) is 1. The van der Waals surface area contributed by atoms with Gasteiger partial charge in [-0.25, -0.2) is 23.2 Å². The lowest BCUT2D eigenvalue weighted by atomic mass is 9.72. The molecule has 1 aliphatic heterocycles. The van der Waals surface area contributed by atoms with E-state index < -0.39 is 45.3 Å². The standard InChI is InChI=1S/C43H62N6O6S2/c1-8-9-29-10-14-31(15-11-29)32-20-23-49(24-21-32)34-27-45-38(46-28-34)33-16-12-30(13-17-33)26-35(47-40(51)36-18-19-37(56-36)42(2,3)4)39(50)48-57(53,54)25-22-44-41(52)55-43(5,6)7/h12-13,16-19,27-29,31-32,35H,8-11,14-15,20-26H2,1-7H3,(H,44,52)(H,47,51)(H,48,50)/t29-,31-,35?. The third kappa shape index (κ3) is 13.2. The number of alkyl carbamates (subject to hydrolysis) is 1. The predicted octanol–water partition coefficient (Wildman–Crippen LogP) is 7.64. The summed E-state index contributed by atoms with van der Waals surface area (Å²) in [5.41, 5.74) is 1.60. The molecule has 2 fully saturated rings. The lowest BCUT2D eigenvalue weighted by Gasteiger charge is -2.39. The van der Waals surface area contributed by atoms with Gasteiger partial charge in [0.2, 0.25) is 10.0 Å². The van der Waals surface area contributed by atoms with Crippen LogP contribution in [0, 0.1) is 17.8 Å². The SMILES string of the molecule is CCC[C@H]1CC[C@H](C2CCN(c3cnc(-c4ccc(CC(NC(=O)c5ccc(C(C)(C)C)s5)C(=O)NS(=O)(=O)CCNC(=O)OC(C)(C)C)cc4)nc3)CC2)CC1. The molecule has 0 spiro atoms. The third-order valence-electron chi connectivity index (χ3n) is 10.9. The van der Waals surface area contributed by atoms with Gasteiger partial charge >= 0.3 is 6.09 Å². The summed E-state index contributed by atoms with van der Waals surface area (Å²) in [5.74, 6) is 1.26. The molecule has 1 unspecified atom stereocenters. The molecule has 2 aromatic heterocycles. The van der Waals surface area contributed by atoms with Crippen LogP contribution in [0.25, 0.3) is 11.4 Å². The Labute approximate surface area is 343 Å². The molecule has 1 aliphatic carbocycles. The average Bonchev–Trinajstić information content (AvgIpc) is 3.67. The molecule has 0 bridgehead atoms. The smallest absolute Gasteiger partial charge is 0.407 e. The monoisotopic (exact) mass is 822 g/mol. The molecule has 57 heavy (non-hydrogen) atoms. The summed E-state index contributed by atoms with van der Waals surface area (Å²) in [7, 11) is -4.18. The molecule has 12 nitrogen and oxygen atoms in total. The van der Waals surface area contributed by atoms with Gasteiger partial charge in [0.25, 0.3) is 11.8 Å². The van der Waals surface area contributed by atoms with Crippen molar-refractivity contribution in [1.29, 1.82) is 0 Å². The number of nitrogens with one attached hydrogen (secondary N) is 3. The fourth-order valence-electron chi connectivity index (χ4n) is 7.82. The molecule has 3 aromatic rings. The number of anilines is 1. The minimum absolute atomic E-state index is 0.0248. The van der Waals surface area contributed by atoms with Gasteiger partial charge < -0.3 is 20.3 Å². The van der Waals surface area contributed by atoms with E-state index >= 15 is 0 Å². The molecule has 0 radical (unpaired) electrons. The van der Waals surface area contributed by atoms with E-state index in [-0.39, 0.29) is 18.4 Å². The lowest BCUT2D eigenvalue weighted by Crippen LogP contribution is -2.50. The first-order valence-corrected chi connectivity index (χ1v) is 22.9. The van der Waals surface area contributed by atoms with E-state index in [9.17, 15) is 22.8 Å². The summed E-state index contributed by atoms with van der Waals surface area (Å²) in [6, 6.07) is 9.73. The summed E-state index contributed by atoms with van der Waals surface area (Å²) in [5, 5.41) is 5.14. The number of carbonyl (C=O) groups is 3. The highest BCUT2D eigenvalue weighted by Crippen LogP contribution is 2.39. The molecular formula is C43H62N6O6S2. The highest BCUT2D eigenvalue weighted by Gasteiger charge is 2.31. The fourth-order valence-corrected chi connectivity index (χ4v) is 9.71. The molecule has 3 amide bonds. The second-order valence-electron chi connectivity index (χ2n) is 17.7. The van der Waals surface area contributed by atoms with Crippen molar-refractivity contribution in [1.82, 2.24) is 25.3 Å². The maximum Gasteiger partial charge on any atom is 0.407 e. The number of thiophene rings is 1. The first kappa shape index (κ1) is 44.1. The Kier molecular flexibility index (Phi) is 14.8. The number of hydrogen-bond acceptors (Lipinski definition) is 10. The number of aromatic nitrogens is 2. The van der Waals surface area contributed by atoms with E-state index in [1.807, 2.05) is 63.5 Å². The van der Waals surface area contributed by atoms with E-state index in [1.165, 1.54) is 62.7 Å². The van der Waals surface area contributed by atoms with Crippen LogP contribution in [-0.2, 0) is 31.4 Å². The van der Waals surface area contributed by atoms with Crippen molar-refractivity contribution in [3.63, 3.8) is 0 Å². The van der Waals surface area contributed by atoms with Crippen molar-refractivity contribution in [2.24, 2.45) is 17.8 Å². The van der Waals surface area contributed by atoms with Crippen LogP contribution < -0.4 is 20.3 Å². The number of sulfonamides is 1. The Morgan fingerprint density at radius 2 is 1.53 bits per heavy atom. The molecule has 3 N–H and O–H groups in total. The van der Waals surface area contributed by atoms with Crippen molar-refractivity contribution in [3.05, 3.63) is 64.1 Å². The molecule has 2 aliphatic rings. The zero-order valence-electron chi connectivity index (χ0n) is 34.7. The van der Waals surface area contributed by atoms with Crippen LogP contribution >= 0.6 is 11.3 Å². The Morgan fingerprint density at radius 3 is 2.11 bits per heavy atom. The number of hydrogen-bond donors (Lipinski definition) is 3. The molecular weight excluding hydrogens is 761 g/mol. The Hall–Kier alpha value is -4.04. The minimum atomic E-state index is -4.18. The maximum absolute atomic E-state index is 13.5. The topological polar surface area (TPSA) is 160 Å². The van der Waals surface area contributed by atoms with E-state index in [4.69, 9.17) is 4.74 Å². The summed E-state index contributed by atoms with van der Waals surface area (Å²) in [6.07, 6.45) is 13.7. The summed E-state index contributed by atoms with van der Waals surface area (Å²) in [6.45, 7) is 15.3. The number of benzene rings is 1. The second kappa shape index (κ2) is 19.1. The van der Waals surface area contributed by atoms with Crippen molar-refractivity contribution in [3.8, 4) is 11.4 Å². The van der Waals surface area contributed by atoms with Gasteiger partial charge in [0.05, 0.1) is 28.7 Å². The van der Waals surface area contributed by atoms with Gasteiger partial charge in [-0.2, -0.15) is 0 Å². The van der Waals surface area contributed by atoms with Crippen LogP contribution in [0.15, 0.2) is 48.8 Å². The van der Waals surface area contributed by atoms with E-state index in [0.29, 0.717) is 16.3 Å². The molecule has 3 heterocycles. The summed E-state index contributed by atoms with van der Waals surface area (Å²) >= 11 is 1.32. The Bertz CT molecular complexity index is 1900. The highest BCUT2D eigenvalue weighted by molar-refractivity contribution is 7.90. The third-order valence-corrected chi connectivity index (χ3v) is 13.7. The number of nitrogens with zero attached hydrogens (tertiary/aromatic N) is 3. The average molecular weight is 823 g/mol. The van der Waals surface area contributed by atoms with E-state index in [0.717, 1.165) is 47.0 Å². The van der Waals surface area contributed by atoms with Crippen molar-refractivity contribution >= 4 is 45.0 Å². The van der Waals surface area contributed by atoms with Crippen LogP contribution in [0.1, 0.15) is 120 Å². The maximum atomic E-state index is 13.5. The summed E-state index contributed by atoms with van der Waals surface area (Å²) < 4.78 is 33.1. The van der Waals surface area contributed by atoms with Crippen LogP contribution in [-0.4, -0.2) is 73.3 Å². The van der Waals surface area contributed by atoms with Gasteiger partial charge in [0, 0.05) is 36.5 Å². The summed E-state index contributed by atoms with van der Waals surface area (Å²) in [4.78, 5) is 52.1. The van der Waals surface area contributed by atoms with Gasteiger partial charge in [-0.15, -0.1) is 11.3 Å². The normalized spacial score (nSPS) is 18.8. The number of piperidine rings is 1. The highest BCUT2D eigenvalue weighted by atomic mass is 32.2. The number of carbonyl (C=O) groups excluding carboxylic acids is 3. The van der Waals surface area contributed by atoms with Crippen molar-refractivity contribution in [2.75, 3.05) is 30.3 Å². The number of amides is 3. The van der Waals surface area contributed by atoms with E-state index in [1.54, 1.807) is 26.8 Å². The second-order valence-corrected chi connectivity index (χ2v) is 20.6. The Balaban J connectivity index is 1.20. The molecule has 5 rings (SSSR count). The zero-order chi connectivity index (χ0) is 41.4. The quantitative estimate of drug-likeness (QED) is 0.149.